The van der Waals surface area contributed by atoms with Gasteiger partial charge in [-0.3, -0.25) is 9.36 Å². The minimum absolute atomic E-state index is 0.00831. The van der Waals surface area contributed by atoms with Gasteiger partial charge in [-0.1, -0.05) is 127 Å². The second-order valence-corrected chi connectivity index (χ2v) is 15.0. The Hall–Kier alpha value is -1.28. The molecule has 0 aliphatic heterocycles. The van der Waals surface area contributed by atoms with Gasteiger partial charge in [0.1, 0.15) is 13.2 Å². The number of amides is 1. The van der Waals surface area contributed by atoms with Crippen LogP contribution in [0, 0.1) is 0 Å². The predicted molar refractivity (Wildman–Crippen MR) is 191 cm³/mol. The van der Waals surface area contributed by atoms with Crippen molar-refractivity contribution in [1.29, 1.82) is 0 Å². The van der Waals surface area contributed by atoms with Crippen LogP contribution in [0.3, 0.4) is 0 Å². The molecule has 0 fully saturated rings. The number of allylic oxidation sites excluding steroid dienone is 6. The maximum Gasteiger partial charge on any atom is 0.268 e. The van der Waals surface area contributed by atoms with E-state index < -0.39 is 20.0 Å². The summed E-state index contributed by atoms with van der Waals surface area (Å²) in [6.07, 6.45) is 33.0. The smallest absolute Gasteiger partial charge is 0.268 e. The zero-order chi connectivity index (χ0) is 34.4. The molecule has 0 aliphatic carbocycles. The predicted octanol–water partition coefficient (Wildman–Crippen LogP) is 8.55. The molecule has 9 heteroatoms. The Morgan fingerprint density at radius 1 is 0.783 bits per heavy atom. The molecular formula is C37H71N2O6P. The van der Waals surface area contributed by atoms with E-state index in [0.29, 0.717) is 23.9 Å². The maximum absolute atomic E-state index is 12.7. The van der Waals surface area contributed by atoms with Gasteiger partial charge in [0, 0.05) is 6.42 Å². The lowest BCUT2D eigenvalue weighted by Gasteiger charge is -2.30. The van der Waals surface area contributed by atoms with Gasteiger partial charge >= 0.3 is 0 Å². The fraction of sp³-hybridized carbons (Fsp3) is 0.811. The molecule has 0 saturated carbocycles. The molecule has 0 spiro atoms. The standard InChI is InChI=1S/C37H71N2O6P/c1-6-8-10-12-14-15-16-17-18-19-20-21-22-23-25-27-29-31-37(41)38-35(36(40)30-28-26-24-13-11-9-7-2)34-45-46(42,43)44-33-32-39(3,4)5/h8,10,14-15,17-18,35-36,40H,6-7,9,11-13,16,19-34H2,1-5H3,(H-,38,41,42,43)/b10-8-,15-14-,18-17-. The Morgan fingerprint density at radius 2 is 1.33 bits per heavy atom. The largest absolute Gasteiger partial charge is 0.756 e. The van der Waals surface area contributed by atoms with Crippen molar-refractivity contribution in [3.63, 3.8) is 0 Å². The summed E-state index contributed by atoms with van der Waals surface area (Å²) in [7, 11) is 1.29. The molecule has 270 valence electrons. The summed E-state index contributed by atoms with van der Waals surface area (Å²) in [5.41, 5.74) is 0. The number of likely N-dealkylation sites (N-methyl/N-ethyl adjacent to an activating group) is 1. The van der Waals surface area contributed by atoms with Gasteiger partial charge in [-0.15, -0.1) is 0 Å². The molecule has 2 N–H and O–H groups in total. The van der Waals surface area contributed by atoms with Gasteiger partial charge in [-0.05, 0) is 44.9 Å². The van der Waals surface area contributed by atoms with Crippen LogP contribution < -0.4 is 10.2 Å². The third-order valence-corrected chi connectivity index (χ3v) is 8.86. The second-order valence-electron chi connectivity index (χ2n) is 13.5. The van der Waals surface area contributed by atoms with E-state index in [1.165, 1.54) is 51.4 Å². The number of hydrogen-bond donors (Lipinski definition) is 2. The number of phosphoric acid groups is 1. The van der Waals surface area contributed by atoms with Crippen molar-refractivity contribution in [2.45, 2.75) is 154 Å². The Labute approximate surface area is 283 Å². The number of nitrogens with one attached hydrogen (secondary N) is 1. The lowest BCUT2D eigenvalue weighted by Crippen LogP contribution is -2.46. The van der Waals surface area contributed by atoms with Crippen LogP contribution in [0.1, 0.15) is 142 Å². The lowest BCUT2D eigenvalue weighted by atomic mass is 10.0. The van der Waals surface area contributed by atoms with E-state index in [1.807, 2.05) is 21.1 Å². The number of aliphatic hydroxyl groups is 1. The van der Waals surface area contributed by atoms with E-state index in [4.69, 9.17) is 9.05 Å². The first-order chi connectivity index (χ1) is 22.0. The number of aliphatic hydroxyl groups excluding tert-OH is 1. The molecule has 0 aromatic heterocycles. The SMILES string of the molecule is CC/C=C\C/C=C\C/C=C\CCCCCCCCCC(=O)NC(COP(=O)([O-])OCC[N+](C)(C)C)C(O)CCCCCCCCC. The van der Waals surface area contributed by atoms with E-state index in [-0.39, 0.29) is 19.1 Å². The second kappa shape index (κ2) is 29.8. The number of unbranched alkanes of at least 4 members (excludes halogenated alkanes) is 13. The summed E-state index contributed by atoms with van der Waals surface area (Å²) in [6.45, 7) is 4.52. The lowest BCUT2D eigenvalue weighted by molar-refractivity contribution is -0.870. The molecule has 0 radical (unpaired) electrons. The maximum atomic E-state index is 12.7. The monoisotopic (exact) mass is 671 g/mol. The number of phosphoric ester groups is 1. The zero-order valence-corrected chi connectivity index (χ0v) is 31.2. The van der Waals surface area contributed by atoms with Crippen molar-refractivity contribution < 1.29 is 32.9 Å². The molecule has 1 amide bonds. The topological polar surface area (TPSA) is 108 Å². The van der Waals surface area contributed by atoms with Crippen LogP contribution in [0.25, 0.3) is 0 Å². The highest BCUT2D eigenvalue weighted by molar-refractivity contribution is 7.45. The van der Waals surface area contributed by atoms with Crippen LogP contribution in [0.2, 0.25) is 0 Å². The van der Waals surface area contributed by atoms with Crippen LogP contribution >= 0.6 is 7.82 Å². The molecule has 0 saturated heterocycles. The molecular weight excluding hydrogens is 599 g/mol. The van der Waals surface area contributed by atoms with Crippen LogP contribution in [0.15, 0.2) is 36.5 Å². The summed E-state index contributed by atoms with van der Waals surface area (Å²) >= 11 is 0. The summed E-state index contributed by atoms with van der Waals surface area (Å²) < 4.78 is 23.0. The van der Waals surface area contributed by atoms with Crippen LogP contribution in [-0.2, 0) is 18.4 Å². The Kier molecular flexibility index (Phi) is 29.0. The van der Waals surface area contributed by atoms with E-state index in [9.17, 15) is 19.4 Å². The highest BCUT2D eigenvalue weighted by Crippen LogP contribution is 2.38. The first-order valence-corrected chi connectivity index (χ1v) is 19.8. The zero-order valence-electron chi connectivity index (χ0n) is 30.3. The van der Waals surface area contributed by atoms with E-state index in [0.717, 1.165) is 64.2 Å². The first kappa shape index (κ1) is 44.7. The van der Waals surface area contributed by atoms with Crippen molar-refractivity contribution >= 4 is 13.7 Å². The van der Waals surface area contributed by atoms with Gasteiger partial charge in [-0.2, -0.15) is 0 Å². The number of nitrogens with zero attached hydrogens (tertiary/aromatic N) is 1. The first-order valence-electron chi connectivity index (χ1n) is 18.3. The van der Waals surface area contributed by atoms with Gasteiger partial charge < -0.3 is 28.8 Å². The van der Waals surface area contributed by atoms with Crippen molar-refractivity contribution in [2.75, 3.05) is 40.9 Å². The minimum Gasteiger partial charge on any atom is -0.756 e. The molecule has 0 aromatic rings. The molecule has 0 bridgehead atoms. The molecule has 0 aromatic carbocycles. The summed E-state index contributed by atoms with van der Waals surface area (Å²) in [6, 6.07) is -0.801. The van der Waals surface area contributed by atoms with Crippen molar-refractivity contribution in [3.05, 3.63) is 36.5 Å². The molecule has 46 heavy (non-hydrogen) atoms. The highest BCUT2D eigenvalue weighted by atomic mass is 31.2. The van der Waals surface area contributed by atoms with Crippen LogP contribution in [-0.4, -0.2) is 68.5 Å². The highest BCUT2D eigenvalue weighted by Gasteiger charge is 2.24. The van der Waals surface area contributed by atoms with E-state index >= 15 is 0 Å². The molecule has 0 aliphatic rings. The number of hydrogen-bond acceptors (Lipinski definition) is 6. The molecule has 0 heterocycles. The number of rotatable bonds is 32. The minimum atomic E-state index is -4.55. The Morgan fingerprint density at radius 3 is 1.93 bits per heavy atom. The van der Waals surface area contributed by atoms with Gasteiger partial charge in [0.2, 0.25) is 5.91 Å². The quantitative estimate of drug-likeness (QED) is 0.0321. The average Bonchev–Trinajstić information content (AvgIpc) is 2.99. The number of carbonyl (C=O) groups excluding carboxylic acids is 1. The number of carbonyl (C=O) groups is 1. The third kappa shape index (κ3) is 31.3. The normalized spacial score (nSPS) is 15.2. The van der Waals surface area contributed by atoms with Gasteiger partial charge in [-0.25, -0.2) is 0 Å². The van der Waals surface area contributed by atoms with Crippen LogP contribution in [0.5, 0.6) is 0 Å². The fourth-order valence-corrected chi connectivity index (χ4v) is 5.66. The van der Waals surface area contributed by atoms with E-state index in [2.05, 4.69) is 55.6 Å². The fourth-order valence-electron chi connectivity index (χ4n) is 4.93. The summed E-state index contributed by atoms with van der Waals surface area (Å²) in [5.74, 6) is -0.182. The van der Waals surface area contributed by atoms with E-state index in [1.54, 1.807) is 0 Å². The van der Waals surface area contributed by atoms with Crippen molar-refractivity contribution in [1.82, 2.24) is 5.32 Å². The molecule has 3 unspecified atom stereocenters. The van der Waals surface area contributed by atoms with Gasteiger partial charge in [0.15, 0.2) is 0 Å². The average molecular weight is 671 g/mol. The van der Waals surface area contributed by atoms with Gasteiger partial charge in [0.05, 0.1) is 39.9 Å². The van der Waals surface area contributed by atoms with Crippen LogP contribution in [0.4, 0.5) is 0 Å². The third-order valence-electron chi connectivity index (χ3n) is 7.89. The Balaban J connectivity index is 4.37. The molecule has 8 nitrogen and oxygen atoms in total. The van der Waals surface area contributed by atoms with Crippen molar-refractivity contribution in [3.8, 4) is 0 Å². The summed E-state index contributed by atoms with van der Waals surface area (Å²) in [4.78, 5) is 25.1. The molecule has 0 rings (SSSR count). The summed E-state index contributed by atoms with van der Waals surface area (Å²) in [5, 5.41) is 13.7. The van der Waals surface area contributed by atoms with Crippen molar-refractivity contribution in [2.24, 2.45) is 0 Å². The molecule has 3 atom stereocenters. The Bertz CT molecular complexity index is 855. The van der Waals surface area contributed by atoms with Gasteiger partial charge in [0.25, 0.3) is 7.82 Å². The number of quaternary nitrogens is 1.